The summed E-state index contributed by atoms with van der Waals surface area (Å²) in [5.74, 6) is 0.855. The number of benzene rings is 8. The van der Waals surface area contributed by atoms with E-state index in [1.165, 1.54) is 55.6 Å². The van der Waals surface area contributed by atoms with Crippen LogP contribution in [0.3, 0.4) is 0 Å². The fourth-order valence-electron chi connectivity index (χ4n) is 9.51. The van der Waals surface area contributed by atoms with Gasteiger partial charge in [-0.15, -0.1) is 0 Å². The first-order valence-corrected chi connectivity index (χ1v) is 19.1. The van der Waals surface area contributed by atoms with Gasteiger partial charge in [0.1, 0.15) is 5.75 Å². The Bertz CT molecular complexity index is 2650. The van der Waals surface area contributed by atoms with Crippen LogP contribution in [0.2, 0.25) is 0 Å². The summed E-state index contributed by atoms with van der Waals surface area (Å²) < 4.78 is 5.45. The molecule has 0 spiro atoms. The Kier molecular flexibility index (Phi) is 7.64. The SMILES string of the molecule is COc1ccc(-c2ccc(N(c3ccc4c(c3)C(C)(C)c3ccccc3-4)c3cccc4c3-c3ccccc3C4(c3ccccc3)c3ccccc3)cc2)cc1. The van der Waals surface area contributed by atoms with E-state index in [0.717, 1.165) is 33.9 Å². The summed E-state index contributed by atoms with van der Waals surface area (Å²) in [5.41, 5.74) is 18.1. The summed E-state index contributed by atoms with van der Waals surface area (Å²) in [4.78, 5) is 2.48. The van der Waals surface area contributed by atoms with E-state index in [2.05, 4.69) is 201 Å². The Morgan fingerprint density at radius 3 is 1.60 bits per heavy atom. The van der Waals surface area contributed by atoms with E-state index in [0.29, 0.717) is 0 Å². The second kappa shape index (κ2) is 12.7. The van der Waals surface area contributed by atoms with Gasteiger partial charge in [0.15, 0.2) is 0 Å². The molecule has 0 aromatic heterocycles. The maximum absolute atomic E-state index is 5.45. The third kappa shape index (κ3) is 4.95. The molecule has 0 N–H and O–H groups in total. The van der Waals surface area contributed by atoms with Crippen molar-refractivity contribution in [2.75, 3.05) is 12.0 Å². The Balaban J connectivity index is 1.23. The average Bonchev–Trinajstić information content (AvgIpc) is 3.68. The highest BCUT2D eigenvalue weighted by molar-refractivity contribution is 5.98. The fourth-order valence-corrected chi connectivity index (χ4v) is 9.51. The lowest BCUT2D eigenvalue weighted by Gasteiger charge is -2.34. The second-order valence-electron chi connectivity index (χ2n) is 15.2. The minimum Gasteiger partial charge on any atom is -0.497 e. The van der Waals surface area contributed by atoms with Crippen molar-refractivity contribution in [3.63, 3.8) is 0 Å². The Hall–Kier alpha value is -6.64. The number of hydrogen-bond acceptors (Lipinski definition) is 2. The highest BCUT2D eigenvalue weighted by Crippen LogP contribution is 2.60. The first-order valence-electron chi connectivity index (χ1n) is 19.1. The third-order valence-electron chi connectivity index (χ3n) is 12.1. The molecule has 2 nitrogen and oxygen atoms in total. The summed E-state index contributed by atoms with van der Waals surface area (Å²) in [7, 11) is 1.71. The number of hydrogen-bond donors (Lipinski definition) is 0. The molecule has 8 aromatic rings. The lowest BCUT2D eigenvalue weighted by Crippen LogP contribution is -2.28. The second-order valence-corrected chi connectivity index (χ2v) is 15.2. The predicted octanol–water partition coefficient (Wildman–Crippen LogP) is 13.5. The minimum atomic E-state index is -0.490. The number of fused-ring (bicyclic) bond motifs is 6. The van der Waals surface area contributed by atoms with E-state index >= 15 is 0 Å². The fraction of sp³-hybridized carbons (Fsp3) is 0.0943. The molecule has 0 aliphatic heterocycles. The third-order valence-corrected chi connectivity index (χ3v) is 12.1. The van der Waals surface area contributed by atoms with E-state index in [1.807, 2.05) is 12.1 Å². The first-order chi connectivity index (χ1) is 27.0. The number of anilines is 3. The minimum absolute atomic E-state index is 0.132. The molecular weight excluding hydrogens is 667 g/mol. The van der Waals surface area contributed by atoms with Crippen molar-refractivity contribution in [1.82, 2.24) is 0 Å². The van der Waals surface area contributed by atoms with Crippen LogP contribution in [0.1, 0.15) is 47.2 Å². The maximum Gasteiger partial charge on any atom is 0.118 e. The lowest BCUT2D eigenvalue weighted by atomic mass is 9.68. The molecule has 0 radical (unpaired) electrons. The van der Waals surface area contributed by atoms with Crippen molar-refractivity contribution in [3.8, 4) is 39.1 Å². The molecule has 2 aliphatic carbocycles. The molecule has 0 saturated heterocycles. The normalized spacial score (nSPS) is 14.0. The number of rotatable bonds is 7. The molecule has 0 bridgehead atoms. The van der Waals surface area contributed by atoms with Crippen LogP contribution in [0, 0.1) is 0 Å². The molecule has 0 saturated carbocycles. The monoisotopic (exact) mass is 707 g/mol. The summed E-state index contributed by atoms with van der Waals surface area (Å²) >= 11 is 0. The largest absolute Gasteiger partial charge is 0.497 e. The quantitative estimate of drug-likeness (QED) is 0.163. The lowest BCUT2D eigenvalue weighted by molar-refractivity contribution is 0.415. The topological polar surface area (TPSA) is 12.5 Å². The van der Waals surface area contributed by atoms with Crippen molar-refractivity contribution in [1.29, 1.82) is 0 Å². The molecule has 0 amide bonds. The van der Waals surface area contributed by atoms with Gasteiger partial charge in [-0.1, -0.05) is 166 Å². The van der Waals surface area contributed by atoms with Crippen molar-refractivity contribution in [2.45, 2.75) is 24.7 Å². The molecule has 264 valence electrons. The van der Waals surface area contributed by atoms with Crippen LogP contribution in [0.15, 0.2) is 194 Å². The zero-order chi connectivity index (χ0) is 37.1. The van der Waals surface area contributed by atoms with Gasteiger partial charge in [0.25, 0.3) is 0 Å². The average molecular weight is 708 g/mol. The number of ether oxygens (including phenoxy) is 1. The van der Waals surface area contributed by atoms with E-state index in [1.54, 1.807) is 7.11 Å². The van der Waals surface area contributed by atoms with Crippen molar-refractivity contribution < 1.29 is 4.74 Å². The zero-order valence-corrected chi connectivity index (χ0v) is 31.3. The van der Waals surface area contributed by atoms with Gasteiger partial charge in [-0.3, -0.25) is 0 Å². The van der Waals surface area contributed by atoms with Gasteiger partial charge >= 0.3 is 0 Å². The molecule has 0 atom stereocenters. The maximum atomic E-state index is 5.45. The van der Waals surface area contributed by atoms with Crippen LogP contribution >= 0.6 is 0 Å². The Labute approximate surface area is 324 Å². The van der Waals surface area contributed by atoms with E-state index in [4.69, 9.17) is 4.74 Å². The van der Waals surface area contributed by atoms with Crippen LogP contribution in [0.25, 0.3) is 33.4 Å². The number of nitrogens with zero attached hydrogens (tertiary/aromatic N) is 1. The molecule has 10 rings (SSSR count). The summed E-state index contributed by atoms with van der Waals surface area (Å²) in [6.45, 7) is 4.72. The molecule has 0 heterocycles. The highest BCUT2D eigenvalue weighted by Gasteiger charge is 2.47. The predicted molar refractivity (Wildman–Crippen MR) is 228 cm³/mol. The Morgan fingerprint density at radius 2 is 0.945 bits per heavy atom. The van der Waals surface area contributed by atoms with Gasteiger partial charge in [0, 0.05) is 22.4 Å². The highest BCUT2D eigenvalue weighted by atomic mass is 16.5. The van der Waals surface area contributed by atoms with E-state index in [9.17, 15) is 0 Å². The van der Waals surface area contributed by atoms with Crippen molar-refractivity contribution in [3.05, 3.63) is 228 Å². The molecule has 55 heavy (non-hydrogen) atoms. The van der Waals surface area contributed by atoms with Crippen LogP contribution in [0.4, 0.5) is 17.1 Å². The van der Waals surface area contributed by atoms with Crippen LogP contribution in [-0.4, -0.2) is 7.11 Å². The molecular formula is C53H41NO. The zero-order valence-electron chi connectivity index (χ0n) is 31.3. The van der Waals surface area contributed by atoms with Gasteiger partial charge in [-0.05, 0) is 104 Å². The molecule has 0 fully saturated rings. The number of methoxy groups -OCH3 is 1. The van der Waals surface area contributed by atoms with Gasteiger partial charge < -0.3 is 9.64 Å². The first kappa shape index (κ1) is 33.0. The van der Waals surface area contributed by atoms with Crippen molar-refractivity contribution >= 4 is 17.1 Å². The molecule has 2 heteroatoms. The van der Waals surface area contributed by atoms with Crippen LogP contribution in [-0.2, 0) is 10.8 Å². The van der Waals surface area contributed by atoms with E-state index < -0.39 is 5.41 Å². The standard InChI is InChI=1S/C53H41NO/c1-52(2)46-21-12-10-19-43(46)44-34-31-41(35-49(44)52)54(40-29-25-36(26-30-40)37-27-32-42(55-3)33-28-37)50-24-14-23-48-51(50)45-20-11-13-22-47(45)53(48,38-15-6-4-7-16-38)39-17-8-5-9-18-39/h4-35H,1-3H3. The van der Waals surface area contributed by atoms with E-state index in [-0.39, 0.29) is 5.41 Å². The molecule has 0 unspecified atom stereocenters. The van der Waals surface area contributed by atoms with Crippen LogP contribution < -0.4 is 9.64 Å². The smallest absolute Gasteiger partial charge is 0.118 e. The summed E-state index contributed by atoms with van der Waals surface area (Å²) in [6, 6.07) is 71.4. The van der Waals surface area contributed by atoms with Gasteiger partial charge in [0.2, 0.25) is 0 Å². The summed E-state index contributed by atoms with van der Waals surface area (Å²) in [6.07, 6.45) is 0. The molecule has 2 aliphatic rings. The van der Waals surface area contributed by atoms with Crippen LogP contribution in [0.5, 0.6) is 5.75 Å². The van der Waals surface area contributed by atoms with Gasteiger partial charge in [-0.25, -0.2) is 0 Å². The Morgan fingerprint density at radius 1 is 0.418 bits per heavy atom. The van der Waals surface area contributed by atoms with Crippen molar-refractivity contribution in [2.24, 2.45) is 0 Å². The summed E-state index contributed by atoms with van der Waals surface area (Å²) in [5, 5.41) is 0. The molecule has 8 aromatic carbocycles. The van der Waals surface area contributed by atoms with Gasteiger partial charge in [-0.2, -0.15) is 0 Å². The van der Waals surface area contributed by atoms with Gasteiger partial charge in [0.05, 0.1) is 18.2 Å².